The Morgan fingerprint density at radius 1 is 0.500 bits per heavy atom. The standard InChI is InChI=1S/C40H25N5O/c1-2-11-37-33(9-1)34-14-12-27(40-44-36-15-13-26(23-39(36)46-40)28-7-5-16-41-24-28)22-38(34)45(37)32-20-30(29-8-6-17-42-25-29)19-31(21-32)35-10-3-4-18-43-35/h1-25H. The molecular formula is C40H25N5O. The molecule has 6 nitrogen and oxygen atoms in total. The van der Waals surface area contributed by atoms with Crippen LogP contribution in [0.3, 0.4) is 0 Å². The van der Waals surface area contributed by atoms with Gasteiger partial charge in [0.15, 0.2) is 5.58 Å². The lowest BCUT2D eigenvalue weighted by Gasteiger charge is -2.13. The second-order valence-electron chi connectivity index (χ2n) is 11.3. The topological polar surface area (TPSA) is 69.6 Å². The molecule has 0 fully saturated rings. The van der Waals surface area contributed by atoms with Gasteiger partial charge >= 0.3 is 0 Å². The molecule has 4 aromatic carbocycles. The fraction of sp³-hybridized carbons (Fsp3) is 0. The molecule has 0 radical (unpaired) electrons. The highest BCUT2D eigenvalue weighted by Crippen LogP contribution is 2.38. The van der Waals surface area contributed by atoms with Crippen LogP contribution in [0.1, 0.15) is 0 Å². The Balaban J connectivity index is 1.25. The van der Waals surface area contributed by atoms with Crippen molar-refractivity contribution in [2.45, 2.75) is 0 Å². The number of pyridine rings is 3. The van der Waals surface area contributed by atoms with E-state index in [4.69, 9.17) is 9.40 Å². The van der Waals surface area contributed by atoms with Gasteiger partial charge in [0.05, 0.1) is 16.7 Å². The van der Waals surface area contributed by atoms with Crippen LogP contribution in [0, 0.1) is 0 Å². The maximum atomic E-state index is 6.38. The van der Waals surface area contributed by atoms with Crippen molar-refractivity contribution < 1.29 is 4.42 Å². The highest BCUT2D eigenvalue weighted by atomic mass is 16.3. The van der Waals surface area contributed by atoms with Crippen molar-refractivity contribution in [3.63, 3.8) is 0 Å². The highest BCUT2D eigenvalue weighted by Gasteiger charge is 2.17. The molecule has 0 aliphatic heterocycles. The predicted octanol–water partition coefficient (Wildman–Crippen LogP) is 9.78. The van der Waals surface area contributed by atoms with E-state index in [-0.39, 0.29) is 0 Å². The van der Waals surface area contributed by atoms with Crippen molar-refractivity contribution in [1.29, 1.82) is 0 Å². The Labute approximate surface area is 264 Å². The normalized spacial score (nSPS) is 11.5. The largest absolute Gasteiger partial charge is 0.436 e. The Hall–Kier alpha value is -6.40. The van der Waals surface area contributed by atoms with Crippen LogP contribution in [0.5, 0.6) is 0 Å². The van der Waals surface area contributed by atoms with Crippen molar-refractivity contribution in [2.24, 2.45) is 0 Å². The second kappa shape index (κ2) is 10.6. The van der Waals surface area contributed by atoms with Gasteiger partial charge in [0.1, 0.15) is 5.52 Å². The number of rotatable bonds is 5. The smallest absolute Gasteiger partial charge is 0.227 e. The molecule has 46 heavy (non-hydrogen) atoms. The number of benzene rings is 4. The second-order valence-corrected chi connectivity index (χ2v) is 11.3. The van der Waals surface area contributed by atoms with Crippen molar-refractivity contribution in [3.05, 3.63) is 152 Å². The van der Waals surface area contributed by atoms with E-state index < -0.39 is 0 Å². The lowest BCUT2D eigenvalue weighted by atomic mass is 10.0. The first-order chi connectivity index (χ1) is 22.8. The average molecular weight is 592 g/mol. The van der Waals surface area contributed by atoms with Crippen LogP contribution in [-0.4, -0.2) is 24.5 Å². The van der Waals surface area contributed by atoms with E-state index >= 15 is 0 Å². The minimum atomic E-state index is 0.579. The maximum absolute atomic E-state index is 6.38. The summed E-state index contributed by atoms with van der Waals surface area (Å²) in [7, 11) is 0. The number of hydrogen-bond acceptors (Lipinski definition) is 5. The summed E-state index contributed by atoms with van der Waals surface area (Å²) in [5, 5.41) is 2.33. The van der Waals surface area contributed by atoms with Crippen LogP contribution >= 0.6 is 0 Å². The summed E-state index contributed by atoms with van der Waals surface area (Å²) in [6, 6.07) is 41.7. The third-order valence-electron chi connectivity index (χ3n) is 8.44. The molecule has 0 amide bonds. The van der Waals surface area contributed by atoms with E-state index in [1.165, 1.54) is 5.39 Å². The fourth-order valence-corrected chi connectivity index (χ4v) is 6.26. The van der Waals surface area contributed by atoms with Gasteiger partial charge in [-0.1, -0.05) is 48.5 Å². The first-order valence-corrected chi connectivity index (χ1v) is 15.1. The third kappa shape index (κ3) is 4.43. The molecule has 5 aromatic heterocycles. The minimum Gasteiger partial charge on any atom is -0.436 e. The zero-order valence-electron chi connectivity index (χ0n) is 24.6. The monoisotopic (exact) mass is 591 g/mol. The molecule has 0 bridgehead atoms. The molecule has 5 heterocycles. The van der Waals surface area contributed by atoms with Gasteiger partial charge < -0.3 is 8.98 Å². The number of aromatic nitrogens is 5. The summed E-state index contributed by atoms with van der Waals surface area (Å²) in [5.74, 6) is 0.579. The van der Waals surface area contributed by atoms with E-state index in [0.29, 0.717) is 5.89 Å². The van der Waals surface area contributed by atoms with Gasteiger partial charge in [0.2, 0.25) is 5.89 Å². The average Bonchev–Trinajstić information content (AvgIpc) is 3.71. The van der Waals surface area contributed by atoms with Gasteiger partial charge in [-0.15, -0.1) is 0 Å². The summed E-state index contributed by atoms with van der Waals surface area (Å²) in [4.78, 5) is 18.2. The van der Waals surface area contributed by atoms with Crippen LogP contribution < -0.4 is 0 Å². The molecule has 6 heteroatoms. The Kier molecular flexibility index (Phi) is 6.03. The maximum Gasteiger partial charge on any atom is 0.227 e. The molecule has 0 aliphatic rings. The van der Waals surface area contributed by atoms with Gasteiger partial charge in [-0.05, 0) is 83.9 Å². The van der Waals surface area contributed by atoms with E-state index in [1.807, 2.05) is 67.1 Å². The summed E-state index contributed by atoms with van der Waals surface area (Å²) >= 11 is 0. The van der Waals surface area contributed by atoms with E-state index in [9.17, 15) is 0 Å². The Bertz CT molecular complexity index is 2460. The Morgan fingerprint density at radius 3 is 2.07 bits per heavy atom. The van der Waals surface area contributed by atoms with Crippen molar-refractivity contribution >= 4 is 32.9 Å². The van der Waals surface area contributed by atoms with Crippen LogP contribution in [0.15, 0.2) is 157 Å². The third-order valence-corrected chi connectivity index (χ3v) is 8.44. The van der Waals surface area contributed by atoms with E-state index in [2.05, 4.69) is 92.3 Å². The fourth-order valence-electron chi connectivity index (χ4n) is 6.26. The molecule has 0 saturated carbocycles. The summed E-state index contributed by atoms with van der Waals surface area (Å²) in [6.45, 7) is 0. The summed E-state index contributed by atoms with van der Waals surface area (Å²) < 4.78 is 8.71. The van der Waals surface area contributed by atoms with Crippen molar-refractivity contribution in [2.75, 3.05) is 0 Å². The van der Waals surface area contributed by atoms with Gasteiger partial charge in [-0.25, -0.2) is 4.98 Å². The molecule has 9 aromatic rings. The first-order valence-electron chi connectivity index (χ1n) is 15.1. The van der Waals surface area contributed by atoms with Gasteiger partial charge in [-0.2, -0.15) is 0 Å². The van der Waals surface area contributed by atoms with E-state index in [0.717, 1.165) is 72.3 Å². The quantitative estimate of drug-likeness (QED) is 0.199. The number of oxazole rings is 1. The molecular weight excluding hydrogens is 566 g/mol. The van der Waals surface area contributed by atoms with Crippen LogP contribution in [0.2, 0.25) is 0 Å². The number of nitrogens with zero attached hydrogens (tertiary/aromatic N) is 5. The highest BCUT2D eigenvalue weighted by molar-refractivity contribution is 6.10. The summed E-state index contributed by atoms with van der Waals surface area (Å²) in [6.07, 6.45) is 9.16. The molecule has 0 spiro atoms. The van der Waals surface area contributed by atoms with Gasteiger partial charge in [0.25, 0.3) is 0 Å². The summed E-state index contributed by atoms with van der Waals surface area (Å²) in [5.41, 5.74) is 11.8. The van der Waals surface area contributed by atoms with Crippen molar-refractivity contribution in [3.8, 4) is 50.7 Å². The van der Waals surface area contributed by atoms with Crippen LogP contribution in [0.25, 0.3) is 83.6 Å². The molecule has 216 valence electrons. The zero-order valence-corrected chi connectivity index (χ0v) is 24.6. The number of hydrogen-bond donors (Lipinski definition) is 0. The van der Waals surface area contributed by atoms with Crippen LogP contribution in [-0.2, 0) is 0 Å². The van der Waals surface area contributed by atoms with Crippen molar-refractivity contribution in [1.82, 2.24) is 24.5 Å². The molecule has 0 saturated heterocycles. The molecule has 9 rings (SSSR count). The molecule has 0 N–H and O–H groups in total. The number of fused-ring (bicyclic) bond motifs is 4. The van der Waals surface area contributed by atoms with E-state index in [1.54, 1.807) is 12.4 Å². The first kappa shape index (κ1) is 26.0. The molecule has 0 aliphatic carbocycles. The zero-order chi connectivity index (χ0) is 30.5. The van der Waals surface area contributed by atoms with Crippen LogP contribution in [0.4, 0.5) is 0 Å². The lowest BCUT2D eigenvalue weighted by molar-refractivity contribution is 0.620. The SMILES string of the molecule is c1ccc(-c2cc(-c3cccnc3)cc(-n3c4ccccc4c4ccc(-c5nc6ccc(-c7cccnc7)cc6o5)cc43)c2)nc1. The molecule has 0 unspecified atom stereocenters. The minimum absolute atomic E-state index is 0.579. The molecule has 0 atom stereocenters. The predicted molar refractivity (Wildman–Crippen MR) is 183 cm³/mol. The lowest BCUT2D eigenvalue weighted by Crippen LogP contribution is -1.97. The Morgan fingerprint density at radius 2 is 1.26 bits per heavy atom. The van der Waals surface area contributed by atoms with Gasteiger partial charge in [-0.3, -0.25) is 15.0 Å². The van der Waals surface area contributed by atoms with Gasteiger partial charge in [0, 0.05) is 69.7 Å². The number of para-hydroxylation sites is 1.